The van der Waals surface area contributed by atoms with Gasteiger partial charge in [0.2, 0.25) is 0 Å². The number of hydrogen-bond acceptors (Lipinski definition) is 5. The number of thiocarbonyl (C=S) groups is 1. The van der Waals surface area contributed by atoms with Crippen LogP contribution < -0.4 is 0 Å². The summed E-state index contributed by atoms with van der Waals surface area (Å²) in [4.78, 5) is 4.91. The zero-order chi connectivity index (χ0) is 15.2. The van der Waals surface area contributed by atoms with Crippen LogP contribution in [-0.2, 0) is 9.47 Å². The summed E-state index contributed by atoms with van der Waals surface area (Å²) >= 11 is 5.27. The predicted molar refractivity (Wildman–Crippen MR) is 91.0 cm³/mol. The molecule has 0 amide bonds. The van der Waals surface area contributed by atoms with Crippen LogP contribution in [0.25, 0.3) is 5.57 Å². The Bertz CT molecular complexity index is 501. The highest BCUT2D eigenvalue weighted by molar-refractivity contribution is 7.78. The number of nitrogens with zero attached hydrogens (tertiary/aromatic N) is 2. The van der Waals surface area contributed by atoms with Gasteiger partial charge in [0, 0.05) is 31.8 Å². The molecule has 2 aliphatic heterocycles. The maximum absolute atomic E-state index is 5.52. The SMILES string of the molecule is S=C=C(c1ccccc1)C(N1CCOCC1)N1CCOCC1. The molecular formula is C17H22N2O2S. The summed E-state index contributed by atoms with van der Waals surface area (Å²) in [5.74, 6) is 0. The van der Waals surface area contributed by atoms with Crippen LogP contribution in [0.2, 0.25) is 0 Å². The number of morpholine rings is 2. The van der Waals surface area contributed by atoms with Crippen LogP contribution in [0.15, 0.2) is 30.3 Å². The molecular weight excluding hydrogens is 296 g/mol. The minimum atomic E-state index is 0.160. The van der Waals surface area contributed by atoms with E-state index in [4.69, 9.17) is 21.7 Å². The molecule has 22 heavy (non-hydrogen) atoms. The van der Waals surface area contributed by atoms with Gasteiger partial charge in [0.1, 0.15) is 0 Å². The minimum absolute atomic E-state index is 0.160. The molecule has 0 atom stereocenters. The van der Waals surface area contributed by atoms with E-state index in [1.54, 1.807) is 0 Å². The van der Waals surface area contributed by atoms with Crippen molar-refractivity contribution in [2.45, 2.75) is 6.17 Å². The summed E-state index contributed by atoms with van der Waals surface area (Å²) in [6, 6.07) is 10.4. The van der Waals surface area contributed by atoms with Crippen molar-refractivity contribution in [3.8, 4) is 0 Å². The fourth-order valence-corrected chi connectivity index (χ4v) is 3.34. The van der Waals surface area contributed by atoms with E-state index in [0.717, 1.165) is 63.7 Å². The summed E-state index contributed by atoms with van der Waals surface area (Å²) in [7, 11) is 0. The van der Waals surface area contributed by atoms with Crippen LogP contribution in [-0.4, -0.2) is 73.6 Å². The Morgan fingerprint density at radius 1 is 0.909 bits per heavy atom. The second-order valence-corrected chi connectivity index (χ2v) is 5.76. The average molecular weight is 318 g/mol. The molecule has 0 unspecified atom stereocenters. The van der Waals surface area contributed by atoms with Crippen molar-refractivity contribution in [2.24, 2.45) is 0 Å². The minimum Gasteiger partial charge on any atom is -0.379 e. The number of benzene rings is 1. The third-order valence-corrected chi connectivity index (χ3v) is 4.46. The maximum atomic E-state index is 5.52. The lowest BCUT2D eigenvalue weighted by Crippen LogP contribution is -2.55. The molecule has 4 nitrogen and oxygen atoms in total. The topological polar surface area (TPSA) is 24.9 Å². The molecule has 0 saturated carbocycles. The van der Waals surface area contributed by atoms with Crippen molar-refractivity contribution in [3.63, 3.8) is 0 Å². The normalized spacial score (nSPS) is 20.8. The van der Waals surface area contributed by atoms with Gasteiger partial charge in [0.05, 0.1) is 32.6 Å². The van der Waals surface area contributed by atoms with Crippen LogP contribution in [0, 0.1) is 0 Å². The standard InChI is InChI=1S/C17H22N2O2S/c22-14-16(15-4-2-1-3-5-15)17(18-6-10-20-11-7-18)19-8-12-21-13-9-19/h1-5,17H,6-13H2. The molecule has 0 spiro atoms. The summed E-state index contributed by atoms with van der Waals surface area (Å²) in [5, 5.41) is 3.05. The van der Waals surface area contributed by atoms with Crippen molar-refractivity contribution >= 4 is 22.8 Å². The van der Waals surface area contributed by atoms with Crippen molar-refractivity contribution in [3.05, 3.63) is 35.9 Å². The average Bonchev–Trinajstić information content (AvgIpc) is 2.62. The highest BCUT2D eigenvalue weighted by Gasteiger charge is 2.31. The molecule has 2 saturated heterocycles. The first-order chi connectivity index (χ1) is 10.9. The van der Waals surface area contributed by atoms with Crippen molar-refractivity contribution in [2.75, 3.05) is 52.6 Å². The van der Waals surface area contributed by atoms with E-state index in [2.05, 4.69) is 39.1 Å². The molecule has 0 bridgehead atoms. The molecule has 2 fully saturated rings. The third-order valence-electron chi connectivity index (χ3n) is 4.24. The van der Waals surface area contributed by atoms with E-state index in [0.29, 0.717) is 0 Å². The molecule has 2 heterocycles. The van der Waals surface area contributed by atoms with E-state index in [9.17, 15) is 0 Å². The Balaban J connectivity index is 1.90. The van der Waals surface area contributed by atoms with Gasteiger partial charge in [-0.3, -0.25) is 9.80 Å². The number of hydrogen-bond donors (Lipinski definition) is 0. The van der Waals surface area contributed by atoms with Crippen LogP contribution in [0.1, 0.15) is 5.56 Å². The Labute approximate surface area is 137 Å². The first kappa shape index (κ1) is 15.8. The lowest BCUT2D eigenvalue weighted by molar-refractivity contribution is -0.0453. The zero-order valence-electron chi connectivity index (χ0n) is 12.7. The number of ether oxygens (including phenoxy) is 2. The van der Waals surface area contributed by atoms with E-state index in [1.165, 1.54) is 0 Å². The van der Waals surface area contributed by atoms with E-state index in [-0.39, 0.29) is 6.17 Å². The molecule has 2 aliphatic rings. The van der Waals surface area contributed by atoms with Gasteiger partial charge >= 0.3 is 0 Å². The van der Waals surface area contributed by atoms with E-state index < -0.39 is 0 Å². The molecule has 0 N–H and O–H groups in total. The van der Waals surface area contributed by atoms with Gasteiger partial charge in [-0.1, -0.05) is 30.3 Å². The zero-order valence-corrected chi connectivity index (χ0v) is 13.6. The summed E-state index contributed by atoms with van der Waals surface area (Å²) in [6.07, 6.45) is 0.160. The Kier molecular flexibility index (Phi) is 5.73. The Morgan fingerprint density at radius 2 is 1.41 bits per heavy atom. The molecule has 0 aliphatic carbocycles. The molecule has 3 rings (SSSR count). The van der Waals surface area contributed by atoms with Crippen LogP contribution in [0.3, 0.4) is 0 Å². The van der Waals surface area contributed by atoms with Gasteiger partial charge in [0.25, 0.3) is 0 Å². The summed E-state index contributed by atoms with van der Waals surface area (Å²) in [6.45, 7) is 6.82. The molecule has 5 heteroatoms. The maximum Gasteiger partial charge on any atom is 0.0977 e. The van der Waals surface area contributed by atoms with Crippen molar-refractivity contribution in [1.82, 2.24) is 9.80 Å². The number of rotatable bonds is 4. The van der Waals surface area contributed by atoms with Gasteiger partial charge in [-0.05, 0) is 22.8 Å². The fraction of sp³-hybridized carbons (Fsp3) is 0.529. The quantitative estimate of drug-likeness (QED) is 0.786. The second-order valence-electron chi connectivity index (χ2n) is 5.55. The van der Waals surface area contributed by atoms with E-state index in [1.807, 2.05) is 6.07 Å². The van der Waals surface area contributed by atoms with Crippen LogP contribution in [0.5, 0.6) is 0 Å². The van der Waals surface area contributed by atoms with E-state index >= 15 is 0 Å². The van der Waals surface area contributed by atoms with Crippen molar-refractivity contribution < 1.29 is 9.47 Å². The van der Waals surface area contributed by atoms with Crippen LogP contribution >= 0.6 is 12.2 Å². The fourth-order valence-electron chi connectivity index (χ4n) is 3.12. The molecule has 0 radical (unpaired) electrons. The van der Waals surface area contributed by atoms with Gasteiger partial charge in [-0.2, -0.15) is 0 Å². The molecule has 118 valence electrons. The summed E-state index contributed by atoms with van der Waals surface area (Å²) in [5.41, 5.74) is 2.24. The largest absolute Gasteiger partial charge is 0.379 e. The third kappa shape index (κ3) is 3.63. The second kappa shape index (κ2) is 7.97. The Hall–Kier alpha value is -1.07. The molecule has 1 aromatic carbocycles. The monoisotopic (exact) mass is 318 g/mol. The highest BCUT2D eigenvalue weighted by Crippen LogP contribution is 2.25. The van der Waals surface area contributed by atoms with Gasteiger partial charge in [0.15, 0.2) is 0 Å². The molecule has 1 aromatic rings. The van der Waals surface area contributed by atoms with Crippen molar-refractivity contribution in [1.29, 1.82) is 0 Å². The van der Waals surface area contributed by atoms with Gasteiger partial charge < -0.3 is 9.47 Å². The van der Waals surface area contributed by atoms with Crippen LogP contribution in [0.4, 0.5) is 0 Å². The first-order valence-corrected chi connectivity index (χ1v) is 8.25. The van der Waals surface area contributed by atoms with Gasteiger partial charge in [-0.15, -0.1) is 0 Å². The predicted octanol–water partition coefficient (Wildman–Crippen LogP) is 1.66. The lowest BCUT2D eigenvalue weighted by atomic mass is 10.0. The highest BCUT2D eigenvalue weighted by atomic mass is 32.1. The Morgan fingerprint density at radius 3 is 1.86 bits per heavy atom. The first-order valence-electron chi connectivity index (χ1n) is 7.84. The van der Waals surface area contributed by atoms with Gasteiger partial charge in [-0.25, -0.2) is 0 Å². The smallest absolute Gasteiger partial charge is 0.0977 e. The lowest BCUT2D eigenvalue weighted by Gasteiger charge is -2.43. The molecule has 0 aromatic heterocycles. The summed E-state index contributed by atoms with van der Waals surface area (Å²) < 4.78 is 11.0.